The molecule has 5 rings (SSSR count). The number of carbonyl (C=O) groups excluding carboxylic acids is 1. The summed E-state index contributed by atoms with van der Waals surface area (Å²) in [7, 11) is 2.04. The molecule has 1 fully saturated rings. The Labute approximate surface area is 194 Å². The molecule has 1 aliphatic carbocycles. The summed E-state index contributed by atoms with van der Waals surface area (Å²) in [5, 5.41) is 1.07. The van der Waals surface area contributed by atoms with Crippen LogP contribution in [-0.4, -0.2) is 25.3 Å². The molecule has 5 heteroatoms. The molecule has 0 amide bonds. The maximum atomic E-state index is 13.4. The predicted octanol–water partition coefficient (Wildman–Crippen LogP) is 5.56. The van der Waals surface area contributed by atoms with E-state index >= 15 is 0 Å². The summed E-state index contributed by atoms with van der Waals surface area (Å²) in [6, 6.07) is 14.4. The minimum Gasteiger partial charge on any atom is -0.328 e. The zero-order valence-electron chi connectivity index (χ0n) is 19.6. The quantitative estimate of drug-likeness (QED) is 0.393. The third kappa shape index (κ3) is 3.78. The molecule has 4 aromatic rings. The first-order valence-corrected chi connectivity index (χ1v) is 11.5. The largest absolute Gasteiger partial charge is 0.328 e. The smallest absolute Gasteiger partial charge is 0.162 e. The summed E-state index contributed by atoms with van der Waals surface area (Å²) >= 11 is 0. The lowest BCUT2D eigenvalue weighted by Crippen LogP contribution is -2.14. The van der Waals surface area contributed by atoms with Crippen LogP contribution in [0.3, 0.4) is 0 Å². The molecule has 0 bridgehead atoms. The van der Waals surface area contributed by atoms with Crippen LogP contribution in [0.15, 0.2) is 54.2 Å². The molecule has 3 aromatic heterocycles. The van der Waals surface area contributed by atoms with Crippen molar-refractivity contribution < 1.29 is 4.79 Å². The standard InChI is InChI=1S/C28H28N4O/c1-17-18(2)31-25(19(3)30-17)16-22-13-12-21(27(22)33)15-24-23-11-8-14-29-28(23)32(4)26(24)20-9-6-5-7-10-20/h5-11,14-15,22H,12-13,16H2,1-4H3/b21-15+. The Morgan fingerprint density at radius 2 is 1.76 bits per heavy atom. The van der Waals surface area contributed by atoms with E-state index in [2.05, 4.69) is 38.8 Å². The molecule has 1 aromatic carbocycles. The molecule has 1 atom stereocenters. The number of rotatable bonds is 4. The number of carbonyl (C=O) groups is 1. The van der Waals surface area contributed by atoms with E-state index in [4.69, 9.17) is 4.98 Å². The number of allylic oxidation sites excluding steroid dienone is 1. The lowest BCUT2D eigenvalue weighted by atomic mass is 9.97. The first kappa shape index (κ1) is 21.3. The molecule has 0 saturated heterocycles. The highest BCUT2D eigenvalue weighted by atomic mass is 16.1. The second-order valence-electron chi connectivity index (χ2n) is 8.96. The van der Waals surface area contributed by atoms with Crippen LogP contribution < -0.4 is 0 Å². The Kier molecular flexibility index (Phi) is 5.41. The number of aryl methyl sites for hydroxylation is 4. The van der Waals surface area contributed by atoms with Crippen molar-refractivity contribution in [3.05, 3.63) is 82.6 Å². The maximum Gasteiger partial charge on any atom is 0.162 e. The van der Waals surface area contributed by atoms with Crippen molar-refractivity contribution in [2.45, 2.75) is 40.0 Å². The van der Waals surface area contributed by atoms with Crippen LogP contribution in [0.1, 0.15) is 41.2 Å². The van der Waals surface area contributed by atoms with Crippen molar-refractivity contribution in [2.24, 2.45) is 13.0 Å². The van der Waals surface area contributed by atoms with Crippen LogP contribution in [-0.2, 0) is 18.3 Å². The average molecular weight is 437 g/mol. The Hall–Kier alpha value is -3.60. The van der Waals surface area contributed by atoms with Crippen molar-refractivity contribution in [2.75, 3.05) is 0 Å². The second kappa shape index (κ2) is 8.39. The van der Waals surface area contributed by atoms with Crippen molar-refractivity contribution in [3.63, 3.8) is 0 Å². The summed E-state index contributed by atoms with van der Waals surface area (Å²) in [6.07, 6.45) is 6.21. The van der Waals surface area contributed by atoms with Gasteiger partial charge in [-0.1, -0.05) is 30.3 Å². The van der Waals surface area contributed by atoms with Gasteiger partial charge in [-0.2, -0.15) is 0 Å². The highest BCUT2D eigenvalue weighted by molar-refractivity contribution is 6.06. The number of Topliss-reactive ketones (excluding diaryl/α,β-unsaturated/α-hetero) is 1. The molecule has 0 aliphatic heterocycles. The molecule has 0 N–H and O–H groups in total. The third-order valence-corrected chi connectivity index (χ3v) is 6.82. The van der Waals surface area contributed by atoms with Crippen molar-refractivity contribution >= 4 is 22.9 Å². The van der Waals surface area contributed by atoms with Gasteiger partial charge in [0.25, 0.3) is 0 Å². The fourth-order valence-electron chi connectivity index (χ4n) is 4.93. The van der Waals surface area contributed by atoms with Gasteiger partial charge in [-0.15, -0.1) is 0 Å². The third-order valence-electron chi connectivity index (χ3n) is 6.82. The highest BCUT2D eigenvalue weighted by Gasteiger charge is 2.31. The monoisotopic (exact) mass is 436 g/mol. The van der Waals surface area contributed by atoms with E-state index in [1.807, 2.05) is 58.3 Å². The highest BCUT2D eigenvalue weighted by Crippen LogP contribution is 2.37. The van der Waals surface area contributed by atoms with E-state index in [0.717, 1.165) is 69.0 Å². The molecule has 1 saturated carbocycles. The minimum absolute atomic E-state index is 0.0420. The SMILES string of the molecule is Cc1nc(C)c(CC2CC/C(=C\c3c(-c4ccccc4)n(C)c4ncccc34)C2=O)nc1C. The van der Waals surface area contributed by atoms with Gasteiger partial charge in [-0.05, 0) is 63.0 Å². The van der Waals surface area contributed by atoms with Crippen LogP contribution in [0.2, 0.25) is 0 Å². The molecule has 0 radical (unpaired) electrons. The topological polar surface area (TPSA) is 60.7 Å². The van der Waals surface area contributed by atoms with Crippen LogP contribution in [0.4, 0.5) is 0 Å². The molecular formula is C28H28N4O. The van der Waals surface area contributed by atoms with E-state index in [-0.39, 0.29) is 11.7 Å². The van der Waals surface area contributed by atoms with Crippen molar-refractivity contribution in [1.82, 2.24) is 19.5 Å². The zero-order chi connectivity index (χ0) is 23.1. The van der Waals surface area contributed by atoms with Gasteiger partial charge >= 0.3 is 0 Å². The first-order chi connectivity index (χ1) is 15.9. The van der Waals surface area contributed by atoms with Crippen molar-refractivity contribution in [3.8, 4) is 11.3 Å². The molecule has 0 spiro atoms. The number of ketones is 1. The van der Waals surface area contributed by atoms with Gasteiger partial charge in [0.2, 0.25) is 0 Å². The van der Waals surface area contributed by atoms with E-state index in [0.29, 0.717) is 6.42 Å². The van der Waals surface area contributed by atoms with Crippen LogP contribution in [0, 0.1) is 26.7 Å². The number of nitrogens with zero attached hydrogens (tertiary/aromatic N) is 4. The van der Waals surface area contributed by atoms with Crippen LogP contribution in [0.5, 0.6) is 0 Å². The molecule has 166 valence electrons. The van der Waals surface area contributed by atoms with Gasteiger partial charge in [-0.25, -0.2) is 4.98 Å². The van der Waals surface area contributed by atoms with E-state index < -0.39 is 0 Å². The number of pyridine rings is 1. The van der Waals surface area contributed by atoms with E-state index in [9.17, 15) is 4.79 Å². The summed E-state index contributed by atoms with van der Waals surface area (Å²) < 4.78 is 2.13. The number of hydrogen-bond acceptors (Lipinski definition) is 4. The fraction of sp³-hybridized carbons (Fsp3) is 0.286. The Balaban J connectivity index is 1.54. The second-order valence-corrected chi connectivity index (χ2v) is 8.96. The van der Waals surface area contributed by atoms with Gasteiger partial charge in [-0.3, -0.25) is 14.8 Å². The lowest BCUT2D eigenvalue weighted by Gasteiger charge is -2.11. The number of aromatic nitrogens is 4. The molecule has 33 heavy (non-hydrogen) atoms. The molecule has 5 nitrogen and oxygen atoms in total. The number of fused-ring (bicyclic) bond motifs is 1. The first-order valence-electron chi connectivity index (χ1n) is 11.5. The van der Waals surface area contributed by atoms with Crippen molar-refractivity contribution in [1.29, 1.82) is 0 Å². The summed E-state index contributed by atoms with van der Waals surface area (Å²) in [5.41, 5.74) is 8.84. The Morgan fingerprint density at radius 1 is 1.00 bits per heavy atom. The van der Waals surface area contributed by atoms with Gasteiger partial charge in [0, 0.05) is 36.5 Å². The minimum atomic E-state index is -0.0420. The molecular weight excluding hydrogens is 408 g/mol. The normalized spacial score (nSPS) is 17.4. The van der Waals surface area contributed by atoms with Gasteiger partial charge in [0.1, 0.15) is 5.65 Å². The lowest BCUT2D eigenvalue weighted by molar-refractivity contribution is -0.117. The molecule has 3 heterocycles. The number of hydrogen-bond donors (Lipinski definition) is 0. The Bertz CT molecular complexity index is 1400. The van der Waals surface area contributed by atoms with Gasteiger partial charge in [0.15, 0.2) is 5.78 Å². The van der Waals surface area contributed by atoms with E-state index in [1.54, 1.807) is 0 Å². The summed E-state index contributed by atoms with van der Waals surface area (Å²) in [4.78, 5) is 27.4. The van der Waals surface area contributed by atoms with E-state index in [1.165, 1.54) is 0 Å². The van der Waals surface area contributed by atoms with Crippen LogP contribution in [0.25, 0.3) is 28.4 Å². The van der Waals surface area contributed by atoms with Gasteiger partial charge < -0.3 is 4.57 Å². The number of benzene rings is 1. The summed E-state index contributed by atoms with van der Waals surface area (Å²) in [6.45, 7) is 5.94. The van der Waals surface area contributed by atoms with Crippen LogP contribution >= 0.6 is 0 Å². The zero-order valence-corrected chi connectivity index (χ0v) is 19.6. The molecule has 1 aliphatic rings. The summed E-state index contributed by atoms with van der Waals surface area (Å²) in [5.74, 6) is 0.189. The average Bonchev–Trinajstić information content (AvgIpc) is 3.30. The maximum absolute atomic E-state index is 13.4. The fourth-order valence-corrected chi connectivity index (χ4v) is 4.93. The predicted molar refractivity (Wildman–Crippen MR) is 132 cm³/mol. The Morgan fingerprint density at radius 3 is 2.55 bits per heavy atom. The molecule has 1 unspecified atom stereocenters. The van der Waals surface area contributed by atoms with Gasteiger partial charge in [0.05, 0.1) is 28.5 Å².